The van der Waals surface area contributed by atoms with Gasteiger partial charge in [-0.2, -0.15) is 0 Å². The van der Waals surface area contributed by atoms with Gasteiger partial charge in [-0.1, -0.05) is 6.07 Å². The highest BCUT2D eigenvalue weighted by atomic mass is 16.5. The molecule has 0 amide bonds. The van der Waals surface area contributed by atoms with Crippen LogP contribution in [0.4, 0.5) is 0 Å². The maximum atomic E-state index is 11.5. The first-order chi connectivity index (χ1) is 9.70. The summed E-state index contributed by atoms with van der Waals surface area (Å²) in [5.74, 6) is -0.339. The Balaban J connectivity index is 2.15. The summed E-state index contributed by atoms with van der Waals surface area (Å²) in [5, 5.41) is 0.960. The summed E-state index contributed by atoms with van der Waals surface area (Å²) in [6.07, 6.45) is 3.36. The van der Waals surface area contributed by atoms with Crippen molar-refractivity contribution >= 4 is 16.9 Å². The van der Waals surface area contributed by atoms with E-state index in [0.29, 0.717) is 5.56 Å². The molecule has 0 aliphatic rings. The van der Waals surface area contributed by atoms with E-state index >= 15 is 0 Å². The minimum atomic E-state index is -0.339. The van der Waals surface area contributed by atoms with Gasteiger partial charge in [-0.15, -0.1) is 0 Å². The molecule has 4 nitrogen and oxygen atoms in total. The summed E-state index contributed by atoms with van der Waals surface area (Å²) < 4.78 is 10.1. The first kappa shape index (κ1) is 12.4. The second-order valence-electron chi connectivity index (χ2n) is 4.51. The average Bonchev–Trinajstić information content (AvgIpc) is 2.95. The van der Waals surface area contributed by atoms with Crippen molar-refractivity contribution in [3.8, 4) is 11.3 Å². The average molecular weight is 267 g/mol. The summed E-state index contributed by atoms with van der Waals surface area (Å²) in [5.41, 5.74) is 4.13. The third-order valence-corrected chi connectivity index (χ3v) is 3.28. The summed E-state index contributed by atoms with van der Waals surface area (Å²) in [7, 11) is 1.37. The maximum absolute atomic E-state index is 11.5. The molecule has 0 radical (unpaired) electrons. The summed E-state index contributed by atoms with van der Waals surface area (Å²) in [4.78, 5) is 16.0. The number of carbonyl (C=O) groups excluding carboxylic acids is 1. The van der Waals surface area contributed by atoms with Crippen molar-refractivity contribution in [2.24, 2.45) is 0 Å². The highest BCUT2D eigenvalue weighted by Gasteiger charge is 2.12. The molecule has 0 atom stereocenters. The lowest BCUT2D eigenvalue weighted by Crippen LogP contribution is -2.01. The number of hydrogen-bond donors (Lipinski definition) is 0. The lowest BCUT2D eigenvalue weighted by Gasteiger charge is -2.08. The number of pyridine rings is 1. The summed E-state index contributed by atoms with van der Waals surface area (Å²) in [6.45, 7) is 1.95. The molecule has 2 heterocycles. The predicted octanol–water partition coefficient (Wildman–Crippen LogP) is 3.59. The molecule has 0 spiro atoms. The Morgan fingerprint density at radius 3 is 2.85 bits per heavy atom. The van der Waals surface area contributed by atoms with Gasteiger partial charge in [0, 0.05) is 17.1 Å². The van der Waals surface area contributed by atoms with Crippen LogP contribution >= 0.6 is 0 Å². The Morgan fingerprint density at radius 2 is 2.10 bits per heavy atom. The first-order valence-electron chi connectivity index (χ1n) is 6.22. The first-order valence-corrected chi connectivity index (χ1v) is 6.22. The van der Waals surface area contributed by atoms with E-state index in [-0.39, 0.29) is 5.97 Å². The molecule has 20 heavy (non-hydrogen) atoms. The van der Waals surface area contributed by atoms with Gasteiger partial charge in [-0.05, 0) is 36.8 Å². The number of hydrogen-bond acceptors (Lipinski definition) is 4. The summed E-state index contributed by atoms with van der Waals surface area (Å²) >= 11 is 0. The number of ether oxygens (including phenoxy) is 1. The number of rotatable bonds is 2. The number of furan rings is 1. The van der Waals surface area contributed by atoms with Crippen molar-refractivity contribution in [1.29, 1.82) is 0 Å². The fourth-order valence-electron chi connectivity index (χ4n) is 2.28. The lowest BCUT2D eigenvalue weighted by atomic mass is 10.0. The number of aryl methyl sites for hydroxylation is 1. The second-order valence-corrected chi connectivity index (χ2v) is 4.51. The lowest BCUT2D eigenvalue weighted by molar-refractivity contribution is 0.0600. The second kappa shape index (κ2) is 4.81. The van der Waals surface area contributed by atoms with Crippen LogP contribution in [0.15, 0.2) is 47.2 Å². The van der Waals surface area contributed by atoms with Crippen LogP contribution in [0.3, 0.4) is 0 Å². The molecule has 4 heteroatoms. The number of nitrogens with zero attached hydrogens (tertiary/aromatic N) is 1. The molecule has 3 rings (SSSR count). The maximum Gasteiger partial charge on any atom is 0.337 e. The zero-order valence-corrected chi connectivity index (χ0v) is 11.2. The van der Waals surface area contributed by atoms with E-state index in [1.807, 2.05) is 31.2 Å². The Bertz CT molecular complexity index is 789. The van der Waals surface area contributed by atoms with Gasteiger partial charge in [-0.25, -0.2) is 4.79 Å². The highest BCUT2D eigenvalue weighted by molar-refractivity contribution is 5.94. The quantitative estimate of drug-likeness (QED) is 0.666. The van der Waals surface area contributed by atoms with Crippen LogP contribution in [0.25, 0.3) is 22.2 Å². The van der Waals surface area contributed by atoms with Crippen molar-refractivity contribution in [2.45, 2.75) is 6.92 Å². The van der Waals surface area contributed by atoms with Crippen LogP contribution in [-0.4, -0.2) is 18.1 Å². The third kappa shape index (κ3) is 1.95. The zero-order valence-electron chi connectivity index (χ0n) is 11.2. The molecule has 0 saturated heterocycles. The molecule has 0 bridgehead atoms. The topological polar surface area (TPSA) is 52.3 Å². The number of esters is 1. The molecule has 1 aromatic carbocycles. The smallest absolute Gasteiger partial charge is 0.337 e. The Labute approximate surface area is 116 Å². The molecule has 0 fully saturated rings. The number of fused-ring (bicyclic) bond motifs is 1. The molecular formula is C16H13NO3. The molecule has 2 aromatic heterocycles. The van der Waals surface area contributed by atoms with Crippen molar-refractivity contribution < 1.29 is 13.9 Å². The Kier molecular flexibility index (Phi) is 2.99. The highest BCUT2D eigenvalue weighted by Crippen LogP contribution is 2.29. The molecule has 0 saturated carbocycles. The number of benzene rings is 1. The van der Waals surface area contributed by atoms with Crippen molar-refractivity contribution in [1.82, 2.24) is 4.98 Å². The van der Waals surface area contributed by atoms with Crippen LogP contribution in [-0.2, 0) is 4.74 Å². The van der Waals surface area contributed by atoms with Crippen molar-refractivity contribution in [2.75, 3.05) is 7.11 Å². The van der Waals surface area contributed by atoms with Gasteiger partial charge in [0.25, 0.3) is 0 Å². The van der Waals surface area contributed by atoms with E-state index < -0.39 is 0 Å². The molecule has 100 valence electrons. The van der Waals surface area contributed by atoms with Crippen LogP contribution in [0.2, 0.25) is 0 Å². The van der Waals surface area contributed by atoms with Crippen LogP contribution in [0.1, 0.15) is 15.9 Å². The van der Waals surface area contributed by atoms with E-state index in [2.05, 4.69) is 4.98 Å². The Hall–Kier alpha value is -2.62. The molecule has 0 unspecified atom stereocenters. The summed E-state index contributed by atoms with van der Waals surface area (Å²) in [6, 6.07) is 9.16. The molecule has 0 aliphatic carbocycles. The Morgan fingerprint density at radius 1 is 1.25 bits per heavy atom. The molecule has 0 N–H and O–H groups in total. The zero-order chi connectivity index (χ0) is 14.1. The van der Waals surface area contributed by atoms with Gasteiger partial charge >= 0.3 is 5.97 Å². The monoisotopic (exact) mass is 267 g/mol. The van der Waals surface area contributed by atoms with Gasteiger partial charge in [0.1, 0.15) is 5.58 Å². The van der Waals surface area contributed by atoms with Gasteiger partial charge in [0.15, 0.2) is 0 Å². The molecule has 0 aliphatic heterocycles. The largest absolute Gasteiger partial charge is 0.465 e. The normalized spacial score (nSPS) is 10.7. The van der Waals surface area contributed by atoms with Crippen LogP contribution < -0.4 is 0 Å². The van der Waals surface area contributed by atoms with Crippen molar-refractivity contribution in [3.05, 3.63) is 53.9 Å². The fourth-order valence-corrected chi connectivity index (χ4v) is 2.28. The minimum absolute atomic E-state index is 0.339. The van der Waals surface area contributed by atoms with Crippen LogP contribution in [0, 0.1) is 6.92 Å². The van der Waals surface area contributed by atoms with Gasteiger partial charge in [-0.3, -0.25) is 4.98 Å². The van der Waals surface area contributed by atoms with E-state index in [1.165, 1.54) is 7.11 Å². The van der Waals surface area contributed by atoms with E-state index in [0.717, 1.165) is 27.8 Å². The van der Waals surface area contributed by atoms with Crippen molar-refractivity contribution in [3.63, 3.8) is 0 Å². The standard InChI is InChI=1S/C16H13NO3/c1-10-9-11(16(18)19-2)3-4-12(10)15-13-6-8-20-14(13)5-7-17-15/h3-9H,1-2H3. The number of methoxy groups -OCH3 is 1. The molecular weight excluding hydrogens is 254 g/mol. The molecule has 3 aromatic rings. The van der Waals surface area contributed by atoms with E-state index in [1.54, 1.807) is 18.5 Å². The number of aromatic nitrogens is 1. The SMILES string of the molecule is COC(=O)c1ccc(-c2nccc3occc23)c(C)c1. The minimum Gasteiger partial charge on any atom is -0.465 e. The predicted molar refractivity (Wildman–Crippen MR) is 75.5 cm³/mol. The van der Waals surface area contributed by atoms with Crippen LogP contribution in [0.5, 0.6) is 0 Å². The number of carbonyl (C=O) groups is 1. The van der Waals surface area contributed by atoms with E-state index in [4.69, 9.17) is 9.15 Å². The van der Waals surface area contributed by atoms with E-state index in [9.17, 15) is 4.79 Å². The van der Waals surface area contributed by atoms with Gasteiger partial charge in [0.2, 0.25) is 0 Å². The van der Waals surface area contributed by atoms with Gasteiger partial charge < -0.3 is 9.15 Å². The third-order valence-electron chi connectivity index (χ3n) is 3.28. The van der Waals surface area contributed by atoms with Gasteiger partial charge in [0.05, 0.1) is 24.6 Å². The fraction of sp³-hybridized carbons (Fsp3) is 0.125.